The van der Waals surface area contributed by atoms with Gasteiger partial charge in [-0.1, -0.05) is 0 Å². The van der Waals surface area contributed by atoms with Crippen LogP contribution in [0.1, 0.15) is 0 Å². The minimum Gasteiger partial charge on any atom is -0.304 e. The third-order valence-corrected chi connectivity index (χ3v) is 2.21. The molecule has 2 nitrogen and oxygen atoms in total. The number of nitrogens with zero attached hydrogens (tertiary/aromatic N) is 2. The van der Waals surface area contributed by atoms with Crippen molar-refractivity contribution in [3.8, 4) is 0 Å². The fourth-order valence-electron chi connectivity index (χ4n) is 1.21. The molecule has 0 atom stereocenters. The van der Waals surface area contributed by atoms with E-state index in [4.69, 9.17) is 0 Å². The van der Waals surface area contributed by atoms with Crippen molar-refractivity contribution < 1.29 is 0 Å². The van der Waals surface area contributed by atoms with Gasteiger partial charge in [-0.05, 0) is 7.05 Å². The SMILES string of the molecule is CN1CCN(CCS)CC1. The van der Waals surface area contributed by atoms with Crippen molar-refractivity contribution in [2.75, 3.05) is 45.5 Å². The first kappa shape index (κ1) is 8.37. The second-order valence-electron chi connectivity index (χ2n) is 2.87. The van der Waals surface area contributed by atoms with Gasteiger partial charge in [0.2, 0.25) is 0 Å². The molecule has 3 heteroatoms. The summed E-state index contributed by atoms with van der Waals surface area (Å²) in [6.45, 7) is 6.02. The van der Waals surface area contributed by atoms with E-state index in [2.05, 4.69) is 29.5 Å². The summed E-state index contributed by atoms with van der Waals surface area (Å²) in [5.74, 6) is 0.990. The van der Waals surface area contributed by atoms with Crippen LogP contribution in [0.5, 0.6) is 0 Å². The molecule has 1 rings (SSSR count). The Bertz CT molecular complexity index is 89.6. The molecule has 0 aromatic rings. The van der Waals surface area contributed by atoms with Crippen molar-refractivity contribution in [3.63, 3.8) is 0 Å². The lowest BCUT2D eigenvalue weighted by Crippen LogP contribution is -2.44. The van der Waals surface area contributed by atoms with Crippen LogP contribution in [0.4, 0.5) is 0 Å². The Labute approximate surface area is 68.6 Å². The van der Waals surface area contributed by atoms with Gasteiger partial charge in [0.15, 0.2) is 0 Å². The van der Waals surface area contributed by atoms with Gasteiger partial charge in [-0.3, -0.25) is 4.90 Å². The summed E-state index contributed by atoms with van der Waals surface area (Å²) >= 11 is 4.20. The van der Waals surface area contributed by atoms with Gasteiger partial charge >= 0.3 is 0 Å². The average Bonchev–Trinajstić information content (AvgIpc) is 1.95. The van der Waals surface area contributed by atoms with Gasteiger partial charge < -0.3 is 4.90 Å². The fourth-order valence-corrected chi connectivity index (χ4v) is 1.50. The zero-order valence-electron chi connectivity index (χ0n) is 6.58. The number of piperazine rings is 1. The first-order chi connectivity index (χ1) is 4.83. The topological polar surface area (TPSA) is 6.48 Å². The second kappa shape index (κ2) is 4.21. The molecule has 1 aliphatic rings. The van der Waals surface area contributed by atoms with E-state index in [1.165, 1.54) is 26.2 Å². The van der Waals surface area contributed by atoms with E-state index in [1.807, 2.05) is 0 Å². The average molecular weight is 160 g/mol. The Morgan fingerprint density at radius 1 is 1.20 bits per heavy atom. The van der Waals surface area contributed by atoms with E-state index >= 15 is 0 Å². The summed E-state index contributed by atoms with van der Waals surface area (Å²) in [5, 5.41) is 0. The van der Waals surface area contributed by atoms with Crippen molar-refractivity contribution in [1.82, 2.24) is 9.80 Å². The maximum Gasteiger partial charge on any atom is 0.0110 e. The lowest BCUT2D eigenvalue weighted by atomic mass is 10.3. The predicted molar refractivity (Wildman–Crippen MR) is 47.8 cm³/mol. The summed E-state index contributed by atoms with van der Waals surface area (Å²) in [6, 6.07) is 0. The maximum absolute atomic E-state index is 4.20. The highest BCUT2D eigenvalue weighted by Crippen LogP contribution is 1.98. The van der Waals surface area contributed by atoms with E-state index < -0.39 is 0 Å². The molecule has 0 radical (unpaired) electrons. The highest BCUT2D eigenvalue weighted by Gasteiger charge is 2.11. The van der Waals surface area contributed by atoms with Crippen molar-refractivity contribution in [2.24, 2.45) is 0 Å². The molecule has 10 heavy (non-hydrogen) atoms. The molecule has 0 N–H and O–H groups in total. The minimum atomic E-state index is 0.990. The third kappa shape index (κ3) is 2.48. The Kier molecular flexibility index (Phi) is 3.52. The second-order valence-corrected chi connectivity index (χ2v) is 3.32. The molecule has 0 aromatic heterocycles. The molecule has 0 unspecified atom stereocenters. The highest BCUT2D eigenvalue weighted by molar-refractivity contribution is 7.80. The van der Waals surface area contributed by atoms with Crippen molar-refractivity contribution >= 4 is 12.6 Å². The van der Waals surface area contributed by atoms with Gasteiger partial charge in [0.1, 0.15) is 0 Å². The zero-order valence-corrected chi connectivity index (χ0v) is 7.48. The summed E-state index contributed by atoms with van der Waals surface area (Å²) < 4.78 is 0. The van der Waals surface area contributed by atoms with Crippen molar-refractivity contribution in [2.45, 2.75) is 0 Å². The van der Waals surface area contributed by atoms with E-state index in [0.717, 1.165) is 12.3 Å². The zero-order chi connectivity index (χ0) is 7.40. The van der Waals surface area contributed by atoms with E-state index in [1.54, 1.807) is 0 Å². The quantitative estimate of drug-likeness (QED) is 0.575. The van der Waals surface area contributed by atoms with Crippen molar-refractivity contribution in [3.05, 3.63) is 0 Å². The lowest BCUT2D eigenvalue weighted by Gasteiger charge is -2.31. The monoisotopic (exact) mass is 160 g/mol. The van der Waals surface area contributed by atoms with Crippen molar-refractivity contribution in [1.29, 1.82) is 0 Å². The van der Waals surface area contributed by atoms with Crippen LogP contribution in [0.25, 0.3) is 0 Å². The Morgan fingerprint density at radius 2 is 1.80 bits per heavy atom. The first-order valence-electron chi connectivity index (χ1n) is 3.84. The van der Waals surface area contributed by atoms with E-state index in [-0.39, 0.29) is 0 Å². The molecule has 0 saturated carbocycles. The molecular weight excluding hydrogens is 144 g/mol. The molecule has 0 amide bonds. The van der Waals surface area contributed by atoms with Crippen LogP contribution in [0.2, 0.25) is 0 Å². The largest absolute Gasteiger partial charge is 0.304 e. The normalized spacial score (nSPS) is 23.4. The molecular formula is C7H16N2S. The predicted octanol–water partition coefficient (Wildman–Crippen LogP) is 0.164. The van der Waals surface area contributed by atoms with Crippen LogP contribution in [0, 0.1) is 0 Å². The van der Waals surface area contributed by atoms with Gasteiger partial charge in [0, 0.05) is 38.5 Å². The smallest absolute Gasteiger partial charge is 0.0110 e. The Morgan fingerprint density at radius 3 is 2.30 bits per heavy atom. The summed E-state index contributed by atoms with van der Waals surface area (Å²) in [5.41, 5.74) is 0. The molecule has 0 bridgehead atoms. The maximum atomic E-state index is 4.20. The standard InChI is InChI=1S/C7H16N2S/c1-8-2-4-9(5-3-8)6-7-10/h10H,2-7H2,1H3. The van der Waals surface area contributed by atoms with E-state index in [9.17, 15) is 0 Å². The summed E-state index contributed by atoms with van der Waals surface area (Å²) in [7, 11) is 2.18. The van der Waals surface area contributed by atoms with E-state index in [0.29, 0.717) is 0 Å². The molecule has 0 spiro atoms. The van der Waals surface area contributed by atoms with Crippen LogP contribution in [0.3, 0.4) is 0 Å². The molecule has 60 valence electrons. The first-order valence-corrected chi connectivity index (χ1v) is 4.48. The molecule has 0 aromatic carbocycles. The lowest BCUT2D eigenvalue weighted by molar-refractivity contribution is 0.161. The van der Waals surface area contributed by atoms with Gasteiger partial charge in [0.05, 0.1) is 0 Å². The molecule has 1 aliphatic heterocycles. The molecule has 1 saturated heterocycles. The summed E-state index contributed by atoms with van der Waals surface area (Å²) in [4.78, 5) is 4.84. The number of likely N-dealkylation sites (N-methyl/N-ethyl adjacent to an activating group) is 1. The van der Waals surface area contributed by atoms with Crippen LogP contribution < -0.4 is 0 Å². The van der Waals surface area contributed by atoms with Gasteiger partial charge in [0.25, 0.3) is 0 Å². The van der Waals surface area contributed by atoms with Gasteiger partial charge in [-0.15, -0.1) is 0 Å². The molecule has 1 heterocycles. The minimum absolute atomic E-state index is 0.990. The Hall–Kier alpha value is 0.270. The Balaban J connectivity index is 2.13. The third-order valence-electron chi connectivity index (χ3n) is 2.01. The van der Waals surface area contributed by atoms with Gasteiger partial charge in [-0.25, -0.2) is 0 Å². The summed E-state index contributed by atoms with van der Waals surface area (Å²) in [6.07, 6.45) is 0. The number of thiol groups is 1. The van der Waals surface area contributed by atoms with Crippen LogP contribution in [-0.4, -0.2) is 55.3 Å². The van der Waals surface area contributed by atoms with Gasteiger partial charge in [-0.2, -0.15) is 12.6 Å². The van der Waals surface area contributed by atoms with Crippen LogP contribution in [-0.2, 0) is 0 Å². The highest BCUT2D eigenvalue weighted by atomic mass is 32.1. The van der Waals surface area contributed by atoms with Crippen LogP contribution >= 0.6 is 12.6 Å². The number of rotatable bonds is 2. The number of hydrogen-bond donors (Lipinski definition) is 1. The number of hydrogen-bond acceptors (Lipinski definition) is 3. The molecule has 1 fully saturated rings. The molecule has 0 aliphatic carbocycles. The van der Waals surface area contributed by atoms with Crippen LogP contribution in [0.15, 0.2) is 0 Å². The fraction of sp³-hybridized carbons (Fsp3) is 1.00.